The Morgan fingerprint density at radius 2 is 2.05 bits per heavy atom. The number of nitrogens with zero attached hydrogens (tertiary/aromatic N) is 2. The average molecular weight is 293 g/mol. The van der Waals surface area contributed by atoms with Gasteiger partial charge in [0, 0.05) is 18.3 Å². The lowest BCUT2D eigenvalue weighted by molar-refractivity contribution is -0.118. The third-order valence-electron chi connectivity index (χ3n) is 3.31. The summed E-state index contributed by atoms with van der Waals surface area (Å²) >= 11 is 6.11. The minimum Gasteiger partial charge on any atom is -0.369 e. The van der Waals surface area contributed by atoms with Crippen LogP contribution in [0.5, 0.6) is 0 Å². The van der Waals surface area contributed by atoms with Crippen LogP contribution in [-0.4, -0.2) is 15.7 Å². The number of carbonyl (C=O) groups is 1. The van der Waals surface area contributed by atoms with E-state index >= 15 is 0 Å². The molecule has 3 N–H and O–H groups in total. The summed E-state index contributed by atoms with van der Waals surface area (Å²) in [6, 6.07) is 6.57. The third kappa shape index (κ3) is 2.63. The maximum Gasteiger partial charge on any atom is 0.244 e. The van der Waals surface area contributed by atoms with Gasteiger partial charge in [-0.1, -0.05) is 23.7 Å². The van der Waals surface area contributed by atoms with Crippen molar-refractivity contribution in [2.45, 2.75) is 19.9 Å². The second-order valence-electron chi connectivity index (χ2n) is 4.67. The number of carbonyl (C=O) groups excluding carboxylic acids is 1. The molecule has 0 aliphatic heterocycles. The van der Waals surface area contributed by atoms with Gasteiger partial charge in [-0.15, -0.1) is 0 Å². The lowest BCUT2D eigenvalue weighted by atomic mass is 10.0. The van der Waals surface area contributed by atoms with E-state index in [1.165, 1.54) is 0 Å². The van der Waals surface area contributed by atoms with E-state index < -0.39 is 11.9 Å². The van der Waals surface area contributed by atoms with Crippen molar-refractivity contribution in [3.8, 4) is 0 Å². The lowest BCUT2D eigenvalue weighted by Gasteiger charge is -2.18. The molecule has 1 aromatic carbocycles. The molecule has 1 atom stereocenters. The molecule has 1 unspecified atom stereocenters. The number of amides is 1. The fraction of sp³-hybridized carbons (Fsp3) is 0.286. The monoisotopic (exact) mass is 292 g/mol. The molecule has 0 aliphatic rings. The van der Waals surface area contributed by atoms with E-state index in [9.17, 15) is 4.79 Å². The molecule has 0 saturated heterocycles. The van der Waals surface area contributed by atoms with Crippen LogP contribution in [0.1, 0.15) is 23.0 Å². The van der Waals surface area contributed by atoms with Crippen molar-refractivity contribution < 1.29 is 4.79 Å². The van der Waals surface area contributed by atoms with E-state index in [-0.39, 0.29) is 0 Å². The lowest BCUT2D eigenvalue weighted by Crippen LogP contribution is -2.28. The summed E-state index contributed by atoms with van der Waals surface area (Å²) in [6.07, 6.45) is 0. The topological polar surface area (TPSA) is 72.9 Å². The molecule has 0 fully saturated rings. The summed E-state index contributed by atoms with van der Waals surface area (Å²) in [5, 5.41) is 7.95. The largest absolute Gasteiger partial charge is 0.369 e. The maximum atomic E-state index is 11.8. The Hall–Kier alpha value is -2.01. The summed E-state index contributed by atoms with van der Waals surface area (Å²) in [4.78, 5) is 11.8. The Morgan fingerprint density at radius 3 is 2.55 bits per heavy atom. The Bertz CT molecular complexity index is 651. The van der Waals surface area contributed by atoms with Crippen molar-refractivity contribution in [3.63, 3.8) is 0 Å². The Kier molecular flexibility index (Phi) is 3.99. The first-order valence-corrected chi connectivity index (χ1v) is 6.60. The van der Waals surface area contributed by atoms with Crippen LogP contribution in [0.15, 0.2) is 24.3 Å². The van der Waals surface area contributed by atoms with Crippen LogP contribution in [-0.2, 0) is 11.8 Å². The standard InChI is InChI=1S/C14H17ClN4O/c1-8-12(9(2)19(3)18-8)13(14(16)20)17-11-7-5-4-6-10(11)15/h4-7,13,17H,1-3H3,(H2,16,20). The van der Waals surface area contributed by atoms with Gasteiger partial charge in [0.25, 0.3) is 0 Å². The number of benzene rings is 1. The van der Waals surface area contributed by atoms with Crippen LogP contribution in [0, 0.1) is 13.8 Å². The summed E-state index contributed by atoms with van der Waals surface area (Å²) in [5.41, 5.74) is 8.66. The first-order chi connectivity index (χ1) is 9.41. The molecule has 1 heterocycles. The number of anilines is 1. The van der Waals surface area contributed by atoms with Crippen LogP contribution < -0.4 is 11.1 Å². The number of hydrogen-bond donors (Lipinski definition) is 2. The number of nitrogens with one attached hydrogen (secondary N) is 1. The van der Waals surface area contributed by atoms with Crippen molar-refractivity contribution in [1.29, 1.82) is 0 Å². The van der Waals surface area contributed by atoms with E-state index in [0.717, 1.165) is 17.0 Å². The summed E-state index contributed by atoms with van der Waals surface area (Å²) in [6.45, 7) is 3.76. The molecule has 0 aliphatic carbocycles. The smallest absolute Gasteiger partial charge is 0.244 e. The number of halogens is 1. The van der Waals surface area contributed by atoms with Crippen LogP contribution in [0.25, 0.3) is 0 Å². The van der Waals surface area contributed by atoms with Gasteiger partial charge in [-0.25, -0.2) is 0 Å². The van der Waals surface area contributed by atoms with E-state index in [2.05, 4.69) is 10.4 Å². The number of aromatic nitrogens is 2. The Labute approximate surface area is 122 Å². The SMILES string of the molecule is Cc1nn(C)c(C)c1C(Nc1ccccc1Cl)C(N)=O. The van der Waals surface area contributed by atoms with Crippen molar-refractivity contribution in [2.24, 2.45) is 12.8 Å². The quantitative estimate of drug-likeness (QED) is 0.908. The normalized spacial score (nSPS) is 12.2. The Morgan fingerprint density at radius 1 is 1.40 bits per heavy atom. The predicted molar refractivity (Wildman–Crippen MR) is 79.7 cm³/mol. The minimum atomic E-state index is -0.663. The molecule has 0 spiro atoms. The molecule has 2 aromatic rings. The summed E-state index contributed by atoms with van der Waals surface area (Å²) < 4.78 is 1.73. The van der Waals surface area contributed by atoms with Gasteiger partial charge in [0.15, 0.2) is 0 Å². The number of hydrogen-bond acceptors (Lipinski definition) is 3. The highest BCUT2D eigenvalue weighted by atomic mass is 35.5. The highest BCUT2D eigenvalue weighted by molar-refractivity contribution is 6.33. The van der Waals surface area contributed by atoms with Crippen LogP contribution in [0.3, 0.4) is 0 Å². The van der Waals surface area contributed by atoms with Gasteiger partial charge in [-0.2, -0.15) is 5.10 Å². The maximum absolute atomic E-state index is 11.8. The molecule has 20 heavy (non-hydrogen) atoms. The zero-order valence-electron chi connectivity index (χ0n) is 11.6. The number of aryl methyl sites for hydroxylation is 2. The second kappa shape index (κ2) is 5.54. The molecule has 1 aromatic heterocycles. The highest BCUT2D eigenvalue weighted by Crippen LogP contribution is 2.28. The van der Waals surface area contributed by atoms with Crippen LogP contribution >= 0.6 is 11.6 Å². The van der Waals surface area contributed by atoms with Gasteiger partial charge in [0.2, 0.25) is 5.91 Å². The number of nitrogens with two attached hydrogens (primary N) is 1. The third-order valence-corrected chi connectivity index (χ3v) is 3.64. The fourth-order valence-electron chi connectivity index (χ4n) is 2.23. The van der Waals surface area contributed by atoms with Crippen LogP contribution in [0.4, 0.5) is 5.69 Å². The Balaban J connectivity index is 2.43. The molecule has 5 nitrogen and oxygen atoms in total. The van der Waals surface area contributed by atoms with Crippen molar-refractivity contribution in [2.75, 3.05) is 5.32 Å². The molecule has 0 radical (unpaired) electrons. The van der Waals surface area contributed by atoms with Crippen molar-refractivity contribution in [3.05, 3.63) is 46.2 Å². The first-order valence-electron chi connectivity index (χ1n) is 6.22. The summed E-state index contributed by atoms with van der Waals surface area (Å²) in [5.74, 6) is -0.468. The first kappa shape index (κ1) is 14.4. The van der Waals surface area contributed by atoms with E-state index in [0.29, 0.717) is 10.7 Å². The summed E-state index contributed by atoms with van der Waals surface area (Å²) in [7, 11) is 1.83. The fourth-order valence-corrected chi connectivity index (χ4v) is 2.42. The van der Waals surface area contributed by atoms with E-state index in [1.807, 2.05) is 33.0 Å². The van der Waals surface area contributed by atoms with E-state index in [4.69, 9.17) is 17.3 Å². The van der Waals surface area contributed by atoms with Gasteiger partial charge in [-0.3, -0.25) is 9.48 Å². The molecular formula is C14H17ClN4O. The molecule has 0 bridgehead atoms. The second-order valence-corrected chi connectivity index (χ2v) is 5.07. The number of primary amides is 1. The zero-order chi connectivity index (χ0) is 14.9. The molecule has 2 rings (SSSR count). The van der Waals surface area contributed by atoms with Gasteiger partial charge >= 0.3 is 0 Å². The minimum absolute atomic E-state index is 0.468. The van der Waals surface area contributed by atoms with Gasteiger partial charge in [-0.05, 0) is 26.0 Å². The molecule has 106 valence electrons. The number of rotatable bonds is 4. The van der Waals surface area contributed by atoms with Gasteiger partial charge in [0.1, 0.15) is 6.04 Å². The predicted octanol–water partition coefficient (Wildman–Crippen LogP) is 2.33. The van der Waals surface area contributed by atoms with Crippen LogP contribution in [0.2, 0.25) is 5.02 Å². The molecule has 0 saturated carbocycles. The van der Waals surface area contributed by atoms with Gasteiger partial charge in [0.05, 0.1) is 16.4 Å². The van der Waals surface area contributed by atoms with Crippen molar-refractivity contribution in [1.82, 2.24) is 9.78 Å². The molecule has 6 heteroatoms. The molecular weight excluding hydrogens is 276 g/mol. The zero-order valence-corrected chi connectivity index (χ0v) is 12.4. The average Bonchev–Trinajstić information content (AvgIpc) is 2.63. The highest BCUT2D eigenvalue weighted by Gasteiger charge is 2.25. The molecule has 1 amide bonds. The number of para-hydroxylation sites is 1. The van der Waals surface area contributed by atoms with E-state index in [1.54, 1.807) is 16.8 Å². The van der Waals surface area contributed by atoms with Crippen molar-refractivity contribution >= 4 is 23.2 Å². The van der Waals surface area contributed by atoms with Gasteiger partial charge < -0.3 is 11.1 Å².